The Kier molecular flexibility index (Phi) is 3.00. The summed E-state index contributed by atoms with van der Waals surface area (Å²) in [6.07, 6.45) is 1.19. The molecule has 0 aliphatic heterocycles. The van der Waals surface area contributed by atoms with E-state index in [1.165, 1.54) is 12.1 Å². The number of ether oxygens (including phenoxy) is 1. The van der Waals surface area contributed by atoms with Gasteiger partial charge in [0.25, 0.3) is 0 Å². The minimum absolute atomic E-state index is 0.0514. The number of methoxy groups -OCH3 is 1. The minimum Gasteiger partial charge on any atom is -0.399 e. The van der Waals surface area contributed by atoms with Crippen molar-refractivity contribution in [1.29, 1.82) is 0 Å². The average molecular weight is 238 g/mol. The lowest BCUT2D eigenvalue weighted by Crippen LogP contribution is -2.57. The van der Waals surface area contributed by atoms with Crippen LogP contribution in [0.1, 0.15) is 20.3 Å². The number of benzene rings is 1. The molecule has 0 amide bonds. The van der Waals surface area contributed by atoms with Crippen molar-refractivity contribution in [3.63, 3.8) is 0 Å². The van der Waals surface area contributed by atoms with Gasteiger partial charge in [0.2, 0.25) is 0 Å². The first kappa shape index (κ1) is 12.2. The van der Waals surface area contributed by atoms with Gasteiger partial charge in [0.05, 0.1) is 6.10 Å². The van der Waals surface area contributed by atoms with E-state index in [0.29, 0.717) is 5.69 Å². The summed E-state index contributed by atoms with van der Waals surface area (Å²) in [4.78, 5) is 0. The maximum absolute atomic E-state index is 13.2. The summed E-state index contributed by atoms with van der Waals surface area (Å²) < 4.78 is 18.6. The SMILES string of the molecule is COC1CC(Nc2cc(N)cc(F)c2)C1(C)C. The van der Waals surface area contributed by atoms with E-state index in [9.17, 15) is 4.39 Å². The Labute approximate surface area is 101 Å². The van der Waals surface area contributed by atoms with Crippen molar-refractivity contribution in [3.05, 3.63) is 24.0 Å². The van der Waals surface area contributed by atoms with Crippen molar-refractivity contribution in [2.45, 2.75) is 32.4 Å². The molecule has 3 nitrogen and oxygen atoms in total. The molecule has 1 aromatic carbocycles. The zero-order valence-electron chi connectivity index (χ0n) is 10.5. The van der Waals surface area contributed by atoms with E-state index < -0.39 is 0 Å². The van der Waals surface area contributed by atoms with Crippen LogP contribution in [0.2, 0.25) is 0 Å². The molecule has 1 aromatic rings. The van der Waals surface area contributed by atoms with Gasteiger partial charge in [-0.2, -0.15) is 0 Å². The molecule has 2 atom stereocenters. The Hall–Kier alpha value is -1.29. The fourth-order valence-corrected chi connectivity index (χ4v) is 2.43. The first-order chi connectivity index (χ1) is 7.93. The van der Waals surface area contributed by atoms with Crippen LogP contribution in [-0.2, 0) is 4.74 Å². The lowest BCUT2D eigenvalue weighted by Gasteiger charge is -2.51. The van der Waals surface area contributed by atoms with Crippen LogP contribution in [-0.4, -0.2) is 19.3 Å². The van der Waals surface area contributed by atoms with Gasteiger partial charge in [0.1, 0.15) is 5.82 Å². The molecule has 3 N–H and O–H groups in total. The Morgan fingerprint density at radius 1 is 1.41 bits per heavy atom. The smallest absolute Gasteiger partial charge is 0.127 e. The molecule has 1 fully saturated rings. The quantitative estimate of drug-likeness (QED) is 0.796. The average Bonchev–Trinajstić information content (AvgIpc) is 2.22. The highest BCUT2D eigenvalue weighted by atomic mass is 19.1. The lowest BCUT2D eigenvalue weighted by molar-refractivity contribution is -0.0794. The van der Waals surface area contributed by atoms with E-state index in [1.807, 2.05) is 0 Å². The molecule has 94 valence electrons. The summed E-state index contributed by atoms with van der Waals surface area (Å²) in [6.45, 7) is 4.29. The lowest BCUT2D eigenvalue weighted by atomic mass is 9.64. The van der Waals surface area contributed by atoms with Crippen molar-refractivity contribution >= 4 is 11.4 Å². The monoisotopic (exact) mass is 238 g/mol. The third-order valence-corrected chi connectivity index (χ3v) is 3.72. The van der Waals surface area contributed by atoms with Crippen molar-refractivity contribution in [2.75, 3.05) is 18.2 Å². The molecule has 4 heteroatoms. The number of hydrogen-bond acceptors (Lipinski definition) is 3. The van der Waals surface area contributed by atoms with Crippen molar-refractivity contribution in [2.24, 2.45) is 5.41 Å². The number of nitrogens with one attached hydrogen (secondary N) is 1. The number of hydrogen-bond donors (Lipinski definition) is 2. The van der Waals surface area contributed by atoms with E-state index in [1.54, 1.807) is 13.2 Å². The molecule has 0 aromatic heterocycles. The molecule has 0 heterocycles. The molecule has 0 bridgehead atoms. The predicted octanol–water partition coefficient (Wildman–Crippen LogP) is 2.63. The summed E-state index contributed by atoms with van der Waals surface area (Å²) >= 11 is 0. The van der Waals surface area contributed by atoms with Gasteiger partial charge >= 0.3 is 0 Å². The second-order valence-corrected chi connectivity index (χ2v) is 5.25. The Bertz CT molecular complexity index is 400. The van der Waals surface area contributed by atoms with Gasteiger partial charge in [-0.05, 0) is 24.6 Å². The normalized spacial score (nSPS) is 26.4. The zero-order valence-corrected chi connectivity index (χ0v) is 10.5. The first-order valence-corrected chi connectivity index (χ1v) is 5.79. The molecule has 0 saturated heterocycles. The Balaban J connectivity index is 2.08. The summed E-state index contributed by atoms with van der Waals surface area (Å²) in [5.41, 5.74) is 6.83. The second-order valence-electron chi connectivity index (χ2n) is 5.25. The number of nitrogen functional groups attached to an aromatic ring is 1. The van der Waals surface area contributed by atoms with Crippen LogP contribution in [0.25, 0.3) is 0 Å². The third-order valence-electron chi connectivity index (χ3n) is 3.72. The highest BCUT2D eigenvalue weighted by molar-refractivity contribution is 5.55. The number of rotatable bonds is 3. The topological polar surface area (TPSA) is 47.3 Å². The van der Waals surface area contributed by atoms with Crippen LogP contribution >= 0.6 is 0 Å². The van der Waals surface area contributed by atoms with E-state index in [4.69, 9.17) is 10.5 Å². The second kappa shape index (κ2) is 4.18. The number of halogens is 1. The summed E-state index contributed by atoms with van der Waals surface area (Å²) in [6, 6.07) is 4.81. The van der Waals surface area contributed by atoms with Gasteiger partial charge < -0.3 is 15.8 Å². The van der Waals surface area contributed by atoms with Crippen LogP contribution in [0, 0.1) is 11.2 Å². The largest absolute Gasteiger partial charge is 0.399 e. The minimum atomic E-state index is -0.312. The number of nitrogens with two attached hydrogens (primary N) is 1. The highest BCUT2D eigenvalue weighted by Gasteiger charge is 2.48. The molecular formula is C13H19FN2O. The molecular weight excluding hydrogens is 219 g/mol. The maximum atomic E-state index is 13.2. The van der Waals surface area contributed by atoms with E-state index >= 15 is 0 Å². The summed E-state index contributed by atoms with van der Waals surface area (Å²) in [7, 11) is 1.73. The van der Waals surface area contributed by atoms with Gasteiger partial charge in [-0.1, -0.05) is 13.8 Å². The predicted molar refractivity (Wildman–Crippen MR) is 67.4 cm³/mol. The van der Waals surface area contributed by atoms with Crippen molar-refractivity contribution in [1.82, 2.24) is 0 Å². The molecule has 2 unspecified atom stereocenters. The van der Waals surface area contributed by atoms with Gasteiger partial charge in [0.15, 0.2) is 0 Å². The fraction of sp³-hybridized carbons (Fsp3) is 0.538. The molecule has 1 aliphatic rings. The van der Waals surface area contributed by atoms with Gasteiger partial charge in [-0.3, -0.25) is 0 Å². The van der Waals surface area contributed by atoms with Crippen LogP contribution in [0.4, 0.5) is 15.8 Å². The highest BCUT2D eigenvalue weighted by Crippen LogP contribution is 2.44. The molecule has 0 spiro atoms. The fourth-order valence-electron chi connectivity index (χ4n) is 2.43. The van der Waals surface area contributed by atoms with Crippen LogP contribution in [0.3, 0.4) is 0 Å². The Morgan fingerprint density at radius 3 is 2.65 bits per heavy atom. The first-order valence-electron chi connectivity index (χ1n) is 5.79. The van der Waals surface area contributed by atoms with Gasteiger partial charge in [0, 0.05) is 29.9 Å². The molecule has 2 rings (SSSR count). The molecule has 1 aliphatic carbocycles. The van der Waals surface area contributed by atoms with E-state index in [2.05, 4.69) is 19.2 Å². The van der Waals surface area contributed by atoms with Gasteiger partial charge in [-0.15, -0.1) is 0 Å². The summed E-state index contributed by atoms with van der Waals surface area (Å²) in [5, 5.41) is 3.31. The zero-order chi connectivity index (χ0) is 12.6. The van der Waals surface area contributed by atoms with E-state index in [0.717, 1.165) is 12.1 Å². The third kappa shape index (κ3) is 2.22. The van der Waals surface area contributed by atoms with E-state index in [-0.39, 0.29) is 23.4 Å². The van der Waals surface area contributed by atoms with Crippen LogP contribution in [0.5, 0.6) is 0 Å². The molecule has 17 heavy (non-hydrogen) atoms. The molecule has 0 radical (unpaired) electrons. The Morgan fingerprint density at radius 2 is 2.12 bits per heavy atom. The van der Waals surface area contributed by atoms with Crippen LogP contribution in [0.15, 0.2) is 18.2 Å². The van der Waals surface area contributed by atoms with Crippen LogP contribution < -0.4 is 11.1 Å². The van der Waals surface area contributed by atoms with Crippen molar-refractivity contribution < 1.29 is 9.13 Å². The maximum Gasteiger partial charge on any atom is 0.127 e. The van der Waals surface area contributed by atoms with Gasteiger partial charge in [-0.25, -0.2) is 4.39 Å². The summed E-state index contributed by atoms with van der Waals surface area (Å²) in [5.74, 6) is -0.312. The number of anilines is 2. The van der Waals surface area contributed by atoms with Crippen molar-refractivity contribution in [3.8, 4) is 0 Å². The standard InChI is InChI=1S/C13H19FN2O/c1-13(2)11(7-12(13)17-3)16-10-5-8(14)4-9(15)6-10/h4-6,11-12,16H,7,15H2,1-3H3. The molecule has 1 saturated carbocycles.